The van der Waals surface area contributed by atoms with Crippen molar-refractivity contribution in [2.45, 2.75) is 115 Å². The van der Waals surface area contributed by atoms with Crippen molar-refractivity contribution in [2.24, 2.45) is 10.9 Å². The maximum absolute atomic E-state index is 9.03. The Morgan fingerprint density at radius 3 is 1.59 bits per heavy atom. The van der Waals surface area contributed by atoms with Gasteiger partial charge in [-0.1, -0.05) is 103 Å². The van der Waals surface area contributed by atoms with E-state index in [4.69, 9.17) is 5.11 Å². The zero-order valence-electron chi connectivity index (χ0n) is 25.2. The summed E-state index contributed by atoms with van der Waals surface area (Å²) in [6, 6.07) is 8.66. The molecular weight excluding hydrogens is 414 g/mol. The Hall–Kier alpha value is -2.09. The Labute approximate surface area is 215 Å². The van der Waals surface area contributed by atoms with E-state index in [0.29, 0.717) is 0 Å². The summed E-state index contributed by atoms with van der Waals surface area (Å²) in [6.45, 7) is 32.1. The normalized spacial score (nSPS) is 10.6. The fraction of sp³-hybridized carbons (Fsp3) is 0.594. The SMILES string of the molecule is C=C(C)CCCC.C=C(O)/C(C)=C(/C)C(C)=NC.CC.CCC(C)C.CCc1ccc(C)cc1. The zero-order valence-corrected chi connectivity index (χ0v) is 25.2. The number of nitrogens with zero attached hydrogens (tertiary/aromatic N) is 1. The number of benzene rings is 1. The van der Waals surface area contributed by atoms with Gasteiger partial charge >= 0.3 is 0 Å². The van der Waals surface area contributed by atoms with Crippen LogP contribution in [0.2, 0.25) is 0 Å². The van der Waals surface area contributed by atoms with E-state index in [9.17, 15) is 0 Å². The van der Waals surface area contributed by atoms with Gasteiger partial charge in [0.2, 0.25) is 0 Å². The predicted molar refractivity (Wildman–Crippen MR) is 161 cm³/mol. The van der Waals surface area contributed by atoms with Gasteiger partial charge in [0.05, 0.1) is 0 Å². The van der Waals surface area contributed by atoms with Crippen molar-refractivity contribution in [1.29, 1.82) is 0 Å². The topological polar surface area (TPSA) is 32.6 Å². The zero-order chi connectivity index (χ0) is 27.7. The van der Waals surface area contributed by atoms with E-state index in [0.717, 1.165) is 29.2 Å². The van der Waals surface area contributed by atoms with Gasteiger partial charge in [-0.3, -0.25) is 4.99 Å². The first-order valence-corrected chi connectivity index (χ1v) is 13.1. The lowest BCUT2D eigenvalue weighted by atomic mass is 10.1. The van der Waals surface area contributed by atoms with Crippen LogP contribution in [0.25, 0.3) is 0 Å². The lowest BCUT2D eigenvalue weighted by Gasteiger charge is -2.04. The van der Waals surface area contributed by atoms with Crippen LogP contribution >= 0.6 is 0 Å². The molecule has 0 amide bonds. The van der Waals surface area contributed by atoms with Gasteiger partial charge in [0.15, 0.2) is 0 Å². The molecule has 0 fully saturated rings. The molecule has 0 spiro atoms. The highest BCUT2D eigenvalue weighted by Gasteiger charge is 2.01. The van der Waals surface area contributed by atoms with E-state index in [1.807, 2.05) is 34.6 Å². The Bertz CT molecular complexity index is 675. The minimum Gasteiger partial charge on any atom is -0.508 e. The van der Waals surface area contributed by atoms with E-state index in [1.165, 1.54) is 42.4 Å². The van der Waals surface area contributed by atoms with Crippen molar-refractivity contribution < 1.29 is 5.11 Å². The Balaban J connectivity index is -0.000000178. The van der Waals surface area contributed by atoms with E-state index in [1.54, 1.807) is 7.05 Å². The first-order valence-electron chi connectivity index (χ1n) is 13.1. The third-order valence-electron chi connectivity index (χ3n) is 5.18. The van der Waals surface area contributed by atoms with Gasteiger partial charge in [0, 0.05) is 12.8 Å². The molecule has 0 aliphatic rings. The van der Waals surface area contributed by atoms with Crippen LogP contribution in [0.5, 0.6) is 0 Å². The first-order chi connectivity index (χ1) is 15.9. The van der Waals surface area contributed by atoms with Crippen LogP contribution in [-0.4, -0.2) is 17.9 Å². The van der Waals surface area contributed by atoms with Crippen molar-refractivity contribution in [2.75, 3.05) is 7.05 Å². The van der Waals surface area contributed by atoms with Crippen LogP contribution in [0, 0.1) is 12.8 Å². The third kappa shape index (κ3) is 27.9. The maximum Gasteiger partial charge on any atom is 0.111 e. The number of aliphatic hydroxyl groups is 1. The molecule has 2 nitrogen and oxygen atoms in total. The Morgan fingerprint density at radius 1 is 0.912 bits per heavy atom. The summed E-state index contributed by atoms with van der Waals surface area (Å²) < 4.78 is 0. The van der Waals surface area contributed by atoms with Gasteiger partial charge in [-0.25, -0.2) is 0 Å². The van der Waals surface area contributed by atoms with Crippen molar-refractivity contribution in [3.8, 4) is 0 Å². The lowest BCUT2D eigenvalue weighted by molar-refractivity contribution is 0.425. The highest BCUT2D eigenvalue weighted by Crippen LogP contribution is 2.11. The highest BCUT2D eigenvalue weighted by atomic mass is 16.3. The van der Waals surface area contributed by atoms with Gasteiger partial charge in [0.25, 0.3) is 0 Å². The molecule has 0 aliphatic heterocycles. The molecule has 0 bridgehead atoms. The minimum atomic E-state index is 0.116. The summed E-state index contributed by atoms with van der Waals surface area (Å²) in [5, 5.41) is 9.03. The van der Waals surface area contributed by atoms with Gasteiger partial charge in [-0.2, -0.15) is 0 Å². The number of aliphatic imine (C=N–C) groups is 1. The molecule has 0 aliphatic carbocycles. The second-order valence-corrected chi connectivity index (χ2v) is 8.71. The second kappa shape index (κ2) is 27.2. The quantitative estimate of drug-likeness (QED) is 0.181. The molecule has 34 heavy (non-hydrogen) atoms. The molecule has 1 aromatic rings. The van der Waals surface area contributed by atoms with Crippen molar-refractivity contribution in [3.05, 3.63) is 71.0 Å². The van der Waals surface area contributed by atoms with Crippen molar-refractivity contribution in [1.82, 2.24) is 0 Å². The second-order valence-electron chi connectivity index (χ2n) is 8.71. The van der Waals surface area contributed by atoms with Crippen LogP contribution in [0.3, 0.4) is 0 Å². The lowest BCUT2D eigenvalue weighted by Crippen LogP contribution is -1.97. The minimum absolute atomic E-state index is 0.116. The third-order valence-corrected chi connectivity index (χ3v) is 5.18. The molecule has 0 heterocycles. The number of unbranched alkanes of at least 4 members (excludes halogenated alkanes) is 1. The first kappa shape index (κ1) is 39.1. The summed E-state index contributed by atoms with van der Waals surface area (Å²) in [5.74, 6) is 1.00. The van der Waals surface area contributed by atoms with Crippen LogP contribution in [0.1, 0.15) is 113 Å². The molecule has 0 atom stereocenters. The van der Waals surface area contributed by atoms with E-state index in [2.05, 4.69) is 90.9 Å². The number of allylic oxidation sites excluding steroid dienone is 3. The molecule has 1 aromatic carbocycles. The van der Waals surface area contributed by atoms with Crippen LogP contribution in [-0.2, 0) is 6.42 Å². The largest absolute Gasteiger partial charge is 0.508 e. The van der Waals surface area contributed by atoms with E-state index >= 15 is 0 Å². The molecular formula is C32H59NO. The molecule has 1 rings (SSSR count). The summed E-state index contributed by atoms with van der Waals surface area (Å²) in [4.78, 5) is 4.00. The number of aryl methyl sites for hydroxylation is 2. The standard InChI is InChI=1S/C9H15NO.C9H12.C7H14.C5H12.C2H6/c1-6(8(3)10-5)7(2)9(4)11;1-3-9-6-4-8(2)5-7-9;1-4-5-6-7(2)3;1-4-5(2)3;1-2/h11H,4H2,1-3,5H3;4-7H,3H2,1-2H3;2,4-6H2,1,3H3;5H,4H2,1-3H3;1-2H3/b7-6-,10-8?;;;;. The van der Waals surface area contributed by atoms with Crippen molar-refractivity contribution in [3.63, 3.8) is 0 Å². The van der Waals surface area contributed by atoms with Gasteiger partial charge in [-0.05, 0) is 76.5 Å². The molecule has 0 unspecified atom stereocenters. The van der Waals surface area contributed by atoms with Gasteiger partial charge in [0.1, 0.15) is 5.76 Å². The highest BCUT2D eigenvalue weighted by molar-refractivity contribution is 5.98. The molecule has 0 aromatic heterocycles. The molecule has 0 saturated heterocycles. The van der Waals surface area contributed by atoms with Crippen molar-refractivity contribution >= 4 is 5.71 Å². The summed E-state index contributed by atoms with van der Waals surface area (Å²) in [5.41, 5.74) is 6.78. The van der Waals surface area contributed by atoms with Crippen LogP contribution < -0.4 is 0 Å². The average molecular weight is 474 g/mol. The summed E-state index contributed by atoms with van der Waals surface area (Å²) >= 11 is 0. The van der Waals surface area contributed by atoms with Crippen LogP contribution in [0.15, 0.2) is 64.9 Å². The molecule has 0 radical (unpaired) electrons. The monoisotopic (exact) mass is 473 g/mol. The number of aliphatic hydroxyl groups excluding tert-OH is 1. The Kier molecular flexibility index (Phi) is 31.3. The number of rotatable bonds is 7. The van der Waals surface area contributed by atoms with E-state index in [-0.39, 0.29) is 5.76 Å². The maximum atomic E-state index is 9.03. The molecule has 198 valence electrons. The number of hydrogen-bond acceptors (Lipinski definition) is 2. The van der Waals surface area contributed by atoms with Crippen LogP contribution in [0.4, 0.5) is 0 Å². The fourth-order valence-electron chi connectivity index (χ4n) is 1.96. The summed E-state index contributed by atoms with van der Waals surface area (Å²) in [6.07, 6.45) is 6.24. The smallest absolute Gasteiger partial charge is 0.111 e. The van der Waals surface area contributed by atoms with E-state index < -0.39 is 0 Å². The molecule has 0 saturated carbocycles. The summed E-state index contributed by atoms with van der Waals surface area (Å²) in [7, 11) is 1.73. The number of hydrogen-bond donors (Lipinski definition) is 1. The average Bonchev–Trinajstić information content (AvgIpc) is 2.84. The van der Waals surface area contributed by atoms with Gasteiger partial charge < -0.3 is 5.11 Å². The molecule has 1 N–H and O–H groups in total. The fourth-order valence-corrected chi connectivity index (χ4v) is 1.96. The van der Waals surface area contributed by atoms with Gasteiger partial charge in [-0.15, -0.1) is 6.58 Å². The predicted octanol–water partition coefficient (Wildman–Crippen LogP) is 10.9. The Morgan fingerprint density at radius 2 is 1.35 bits per heavy atom. The molecule has 2 heteroatoms.